The maximum Gasteiger partial charge on any atom is 0.265 e. The van der Waals surface area contributed by atoms with Crippen LogP contribution in [0, 0.1) is 0 Å². The second kappa shape index (κ2) is 7.99. The van der Waals surface area contributed by atoms with E-state index in [1.807, 2.05) is 14.1 Å². The number of rotatable bonds is 10. The Kier molecular flexibility index (Phi) is 7.89. The van der Waals surface area contributed by atoms with Crippen LogP contribution in [0.4, 0.5) is 0 Å². The minimum Gasteiger partial charge on any atom is -0.382 e. The summed E-state index contributed by atoms with van der Waals surface area (Å²) in [4.78, 5) is 0. The van der Waals surface area contributed by atoms with Gasteiger partial charge in [0.25, 0.3) is 10.1 Å². The molecule has 7 heteroatoms. The van der Waals surface area contributed by atoms with Gasteiger partial charge >= 0.3 is 0 Å². The van der Waals surface area contributed by atoms with E-state index in [9.17, 15) is 8.42 Å². The average Bonchev–Trinajstić information content (AvgIpc) is 2.14. The van der Waals surface area contributed by atoms with Gasteiger partial charge in [0, 0.05) is 13.5 Å². The van der Waals surface area contributed by atoms with E-state index in [-0.39, 0.29) is 5.75 Å². The average molecular weight is 270 g/mol. The molecule has 0 bridgehead atoms. The lowest BCUT2D eigenvalue weighted by atomic mass is 10.4. The van der Waals surface area contributed by atoms with Crippen molar-refractivity contribution >= 4 is 10.1 Å². The monoisotopic (exact) mass is 270 g/mol. The molecule has 0 saturated heterocycles. The minimum absolute atomic E-state index is 0.181. The van der Waals surface area contributed by atoms with Gasteiger partial charge in [0.05, 0.1) is 46.2 Å². The highest BCUT2D eigenvalue weighted by atomic mass is 32.2. The van der Waals surface area contributed by atoms with Gasteiger partial charge in [-0.25, -0.2) is 0 Å². The summed E-state index contributed by atoms with van der Waals surface area (Å²) in [5.41, 5.74) is 0. The van der Waals surface area contributed by atoms with E-state index in [1.165, 1.54) is 0 Å². The molecule has 0 aliphatic heterocycles. The lowest BCUT2D eigenvalue weighted by Crippen LogP contribution is -2.43. The zero-order valence-electron chi connectivity index (χ0n) is 10.9. The van der Waals surface area contributed by atoms with Crippen molar-refractivity contribution in [3.8, 4) is 0 Å². The zero-order chi connectivity index (χ0) is 13.4. The van der Waals surface area contributed by atoms with Crippen molar-refractivity contribution in [1.29, 1.82) is 0 Å². The van der Waals surface area contributed by atoms with Crippen molar-refractivity contribution in [2.45, 2.75) is 6.42 Å². The largest absolute Gasteiger partial charge is 0.382 e. The molecule has 0 unspecified atom stereocenters. The molecule has 0 heterocycles. The fourth-order valence-corrected chi connectivity index (χ4v) is 1.84. The lowest BCUT2D eigenvalue weighted by Gasteiger charge is -2.29. The molecule has 6 nitrogen and oxygen atoms in total. The Labute approximate surface area is 104 Å². The van der Waals surface area contributed by atoms with E-state index >= 15 is 0 Å². The topological polar surface area (TPSA) is 72.8 Å². The highest BCUT2D eigenvalue weighted by Gasteiger charge is 2.16. The fourth-order valence-electron chi connectivity index (χ4n) is 1.34. The second-order valence-corrected chi connectivity index (χ2v) is 6.20. The molecule has 0 spiro atoms. The normalized spacial score (nSPS) is 12.9. The van der Waals surface area contributed by atoms with E-state index in [2.05, 4.69) is 0 Å². The van der Waals surface area contributed by atoms with Crippen LogP contribution in [-0.4, -0.2) is 77.3 Å². The molecule has 0 aliphatic carbocycles. The molecule has 0 radical (unpaired) electrons. The predicted octanol–water partition coefficient (Wildman–Crippen LogP) is 0.00370. The summed E-state index contributed by atoms with van der Waals surface area (Å²) in [5, 5.41) is 0. The summed E-state index contributed by atoms with van der Waals surface area (Å²) >= 11 is 0. The number of methoxy groups -OCH3 is 1. The smallest absolute Gasteiger partial charge is 0.265 e. The Morgan fingerprint density at radius 1 is 1.12 bits per heavy atom. The van der Waals surface area contributed by atoms with Gasteiger partial charge in [0.15, 0.2) is 0 Å². The summed E-state index contributed by atoms with van der Waals surface area (Å²) in [7, 11) is 1.79. The van der Waals surface area contributed by atoms with Crippen molar-refractivity contribution in [2.75, 3.05) is 59.9 Å². The van der Waals surface area contributed by atoms with Gasteiger partial charge in [-0.2, -0.15) is 8.42 Å². The Bertz CT molecular complexity index is 289. The Balaban J connectivity index is 3.65. The quantitative estimate of drug-likeness (QED) is 0.344. The Morgan fingerprint density at radius 3 is 2.29 bits per heavy atom. The summed E-state index contributed by atoms with van der Waals surface area (Å²) in [6.45, 7) is 3.25. The molecule has 0 atom stereocenters. The van der Waals surface area contributed by atoms with Crippen LogP contribution in [-0.2, 0) is 19.6 Å². The van der Waals surface area contributed by atoms with E-state index in [1.54, 1.807) is 7.11 Å². The van der Waals surface area contributed by atoms with Gasteiger partial charge in [-0.15, -0.1) is 0 Å². The van der Waals surface area contributed by atoms with Crippen LogP contribution in [0.3, 0.4) is 0 Å². The number of likely N-dealkylation sites (N-methyl/N-ethyl adjacent to an activating group) is 1. The van der Waals surface area contributed by atoms with E-state index < -0.39 is 10.1 Å². The first-order valence-electron chi connectivity index (χ1n) is 5.61. The zero-order valence-corrected chi connectivity index (χ0v) is 11.7. The van der Waals surface area contributed by atoms with Gasteiger partial charge in [-0.3, -0.25) is 4.55 Å². The number of nitrogens with zero attached hydrogens (tertiary/aromatic N) is 1. The highest BCUT2D eigenvalue weighted by molar-refractivity contribution is 7.85. The molecule has 17 heavy (non-hydrogen) atoms. The van der Waals surface area contributed by atoms with Crippen LogP contribution < -0.4 is 0 Å². The van der Waals surface area contributed by atoms with Crippen LogP contribution >= 0.6 is 0 Å². The third-order valence-corrected chi connectivity index (χ3v) is 3.24. The number of hydrogen-bond donors (Lipinski definition) is 1. The lowest BCUT2D eigenvalue weighted by molar-refractivity contribution is -0.890. The molecule has 1 N–H and O–H groups in total. The van der Waals surface area contributed by atoms with Crippen molar-refractivity contribution in [1.82, 2.24) is 0 Å². The summed E-state index contributed by atoms with van der Waals surface area (Å²) in [6, 6.07) is 0. The Morgan fingerprint density at radius 2 is 1.76 bits per heavy atom. The molecule has 0 aliphatic rings. The number of hydrogen-bond acceptors (Lipinski definition) is 4. The molecule has 104 valence electrons. The molecular weight excluding hydrogens is 246 g/mol. The first-order valence-corrected chi connectivity index (χ1v) is 7.21. The fraction of sp³-hybridized carbons (Fsp3) is 1.00. The van der Waals surface area contributed by atoms with Crippen molar-refractivity contribution in [3.63, 3.8) is 0 Å². The Hall–Kier alpha value is -0.210. The van der Waals surface area contributed by atoms with E-state index in [0.29, 0.717) is 37.3 Å². The first-order chi connectivity index (χ1) is 7.77. The predicted molar refractivity (Wildman–Crippen MR) is 65.6 cm³/mol. The maximum atomic E-state index is 10.6. The molecular formula is C10H24NO5S+. The highest BCUT2D eigenvalue weighted by Crippen LogP contribution is 2.01. The van der Waals surface area contributed by atoms with Crippen LogP contribution in [0.5, 0.6) is 0 Å². The molecule has 0 aromatic carbocycles. The molecule has 0 amide bonds. The van der Waals surface area contributed by atoms with Gasteiger partial charge in [0.2, 0.25) is 0 Å². The SMILES string of the molecule is COCCOCC[N+](C)(C)CCCS(=O)(=O)O. The van der Waals surface area contributed by atoms with Crippen LogP contribution in [0.25, 0.3) is 0 Å². The van der Waals surface area contributed by atoms with Gasteiger partial charge in [-0.1, -0.05) is 0 Å². The standard InChI is InChI=1S/C10H23NO5S/c1-11(2,5-4-10-17(12,13)14)6-7-16-9-8-15-3/h4-10H2,1-3H3/p+1. The third kappa shape index (κ3) is 12.0. The third-order valence-electron chi connectivity index (χ3n) is 2.44. The van der Waals surface area contributed by atoms with Crippen LogP contribution in [0.15, 0.2) is 0 Å². The molecule has 0 rings (SSSR count). The van der Waals surface area contributed by atoms with Gasteiger partial charge in [-0.05, 0) is 0 Å². The number of ether oxygens (including phenoxy) is 2. The number of quaternary nitrogens is 1. The van der Waals surface area contributed by atoms with E-state index in [4.69, 9.17) is 14.0 Å². The van der Waals surface area contributed by atoms with Crippen molar-refractivity contribution in [2.24, 2.45) is 0 Å². The maximum absolute atomic E-state index is 10.6. The van der Waals surface area contributed by atoms with Crippen molar-refractivity contribution < 1.29 is 26.9 Å². The van der Waals surface area contributed by atoms with Crippen LogP contribution in [0.2, 0.25) is 0 Å². The molecule has 0 fully saturated rings. The van der Waals surface area contributed by atoms with Gasteiger partial charge < -0.3 is 14.0 Å². The first kappa shape index (κ1) is 16.8. The molecule has 0 saturated carbocycles. The van der Waals surface area contributed by atoms with E-state index in [0.717, 1.165) is 6.54 Å². The van der Waals surface area contributed by atoms with Crippen molar-refractivity contribution in [3.05, 3.63) is 0 Å². The second-order valence-electron chi connectivity index (χ2n) is 4.63. The summed E-state index contributed by atoms with van der Waals surface area (Å²) in [5.74, 6) is -0.181. The van der Waals surface area contributed by atoms with Gasteiger partial charge in [0.1, 0.15) is 6.54 Å². The van der Waals surface area contributed by atoms with Crippen LogP contribution in [0.1, 0.15) is 6.42 Å². The molecule has 0 aromatic heterocycles. The molecule has 0 aromatic rings. The minimum atomic E-state index is -3.84. The summed E-state index contributed by atoms with van der Waals surface area (Å²) < 4.78 is 40.6. The summed E-state index contributed by atoms with van der Waals surface area (Å²) in [6.07, 6.45) is 0.448.